The highest BCUT2D eigenvalue weighted by Gasteiger charge is 2.13. The Morgan fingerprint density at radius 1 is 1.00 bits per heavy atom. The summed E-state index contributed by atoms with van der Waals surface area (Å²) in [4.78, 5) is 12.2. The zero-order valence-corrected chi connectivity index (χ0v) is 11.6. The number of hydrogen-bond acceptors (Lipinski definition) is 2. The lowest BCUT2D eigenvalue weighted by Crippen LogP contribution is -2.09. The third-order valence-electron chi connectivity index (χ3n) is 3.88. The summed E-state index contributed by atoms with van der Waals surface area (Å²) >= 11 is 0. The molecule has 0 aromatic heterocycles. The first kappa shape index (κ1) is 12.9. The van der Waals surface area contributed by atoms with Crippen molar-refractivity contribution >= 4 is 11.5 Å². The van der Waals surface area contributed by atoms with Crippen LogP contribution in [-0.4, -0.2) is 12.3 Å². The summed E-state index contributed by atoms with van der Waals surface area (Å²) in [6.07, 6.45) is 4.05. The molecule has 1 N–H and O–H groups in total. The van der Waals surface area contributed by atoms with Gasteiger partial charge in [0.25, 0.3) is 0 Å². The summed E-state index contributed by atoms with van der Waals surface area (Å²) in [6.45, 7) is 0.680. The third kappa shape index (κ3) is 2.90. The second-order valence-corrected chi connectivity index (χ2v) is 5.30. The molecule has 2 aromatic carbocycles. The molecule has 0 amide bonds. The molecule has 0 atom stereocenters. The van der Waals surface area contributed by atoms with Crippen molar-refractivity contribution in [2.24, 2.45) is 0 Å². The van der Waals surface area contributed by atoms with E-state index in [2.05, 4.69) is 17.4 Å². The Bertz CT molecular complexity index is 604. The largest absolute Gasteiger partial charge is 0.385 e. The maximum Gasteiger partial charge on any atom is 0.164 e. The van der Waals surface area contributed by atoms with Gasteiger partial charge in [-0.05, 0) is 48.6 Å². The van der Waals surface area contributed by atoms with E-state index < -0.39 is 0 Å². The molecule has 0 unspecified atom stereocenters. The highest BCUT2D eigenvalue weighted by Crippen LogP contribution is 2.23. The number of aryl methyl sites for hydroxylation is 2. The van der Waals surface area contributed by atoms with Crippen LogP contribution < -0.4 is 5.32 Å². The highest BCUT2D eigenvalue weighted by atomic mass is 16.1. The molecular weight excluding hydrogens is 246 g/mol. The van der Waals surface area contributed by atoms with Crippen molar-refractivity contribution < 1.29 is 4.79 Å². The molecule has 0 radical (unpaired) electrons. The lowest BCUT2D eigenvalue weighted by molar-refractivity contribution is 0.0986. The third-order valence-corrected chi connectivity index (χ3v) is 3.88. The zero-order chi connectivity index (χ0) is 13.8. The molecule has 0 bridgehead atoms. The molecule has 102 valence electrons. The van der Waals surface area contributed by atoms with Gasteiger partial charge in [-0.25, -0.2) is 0 Å². The van der Waals surface area contributed by atoms with Crippen LogP contribution in [0.5, 0.6) is 0 Å². The minimum absolute atomic E-state index is 0.225. The van der Waals surface area contributed by atoms with E-state index in [9.17, 15) is 4.79 Å². The summed E-state index contributed by atoms with van der Waals surface area (Å²) in [5.74, 6) is 0.225. The van der Waals surface area contributed by atoms with Crippen LogP contribution in [0.25, 0.3) is 0 Å². The molecular formula is C18H19NO. The number of nitrogens with one attached hydrogen (secondary N) is 1. The molecule has 0 saturated heterocycles. The topological polar surface area (TPSA) is 29.1 Å². The van der Waals surface area contributed by atoms with E-state index >= 15 is 0 Å². The fourth-order valence-electron chi connectivity index (χ4n) is 2.77. The number of ketones is 1. The van der Waals surface area contributed by atoms with E-state index in [0.717, 1.165) is 17.7 Å². The Morgan fingerprint density at radius 3 is 2.65 bits per heavy atom. The number of Topliss-reactive ketones (excluding diaryl/α,β-unsaturated/α-hetero) is 1. The highest BCUT2D eigenvalue weighted by molar-refractivity contribution is 5.96. The molecule has 0 spiro atoms. The molecule has 20 heavy (non-hydrogen) atoms. The molecule has 2 heteroatoms. The van der Waals surface area contributed by atoms with Gasteiger partial charge in [-0.15, -0.1) is 0 Å². The summed E-state index contributed by atoms with van der Waals surface area (Å²) in [5, 5.41) is 3.28. The van der Waals surface area contributed by atoms with Gasteiger partial charge in [0, 0.05) is 24.2 Å². The van der Waals surface area contributed by atoms with E-state index in [1.165, 1.54) is 24.0 Å². The van der Waals surface area contributed by atoms with E-state index in [1.807, 2.05) is 36.4 Å². The van der Waals surface area contributed by atoms with Crippen molar-refractivity contribution in [1.82, 2.24) is 0 Å². The smallest absolute Gasteiger partial charge is 0.164 e. The average molecular weight is 265 g/mol. The van der Waals surface area contributed by atoms with Crippen LogP contribution in [0.2, 0.25) is 0 Å². The van der Waals surface area contributed by atoms with Gasteiger partial charge in [0.1, 0.15) is 0 Å². The van der Waals surface area contributed by atoms with Gasteiger partial charge in [0.2, 0.25) is 0 Å². The minimum Gasteiger partial charge on any atom is -0.385 e. The Balaban J connectivity index is 1.57. The summed E-state index contributed by atoms with van der Waals surface area (Å²) in [5.41, 5.74) is 4.71. The lowest BCUT2D eigenvalue weighted by Gasteiger charge is -2.07. The number of hydrogen-bond donors (Lipinski definition) is 1. The molecule has 1 aliphatic carbocycles. The van der Waals surface area contributed by atoms with Gasteiger partial charge in [0.15, 0.2) is 5.78 Å². The average Bonchev–Trinajstić information content (AvgIpc) is 2.95. The number of fused-ring (bicyclic) bond motifs is 1. The first-order chi connectivity index (χ1) is 9.83. The van der Waals surface area contributed by atoms with E-state index in [0.29, 0.717) is 13.0 Å². The van der Waals surface area contributed by atoms with Crippen LogP contribution in [0.4, 0.5) is 5.69 Å². The number of anilines is 1. The summed E-state index contributed by atoms with van der Waals surface area (Å²) in [6, 6.07) is 16.2. The molecule has 2 nitrogen and oxygen atoms in total. The Morgan fingerprint density at radius 2 is 1.80 bits per heavy atom. The Kier molecular flexibility index (Phi) is 3.82. The number of benzene rings is 2. The van der Waals surface area contributed by atoms with Crippen molar-refractivity contribution in [2.45, 2.75) is 25.7 Å². The second kappa shape index (κ2) is 5.91. The van der Waals surface area contributed by atoms with Gasteiger partial charge in [-0.2, -0.15) is 0 Å². The first-order valence-electron chi connectivity index (χ1n) is 7.27. The lowest BCUT2D eigenvalue weighted by atomic mass is 10.0. The van der Waals surface area contributed by atoms with Gasteiger partial charge in [0.05, 0.1) is 0 Å². The van der Waals surface area contributed by atoms with Crippen LogP contribution in [0.1, 0.15) is 34.3 Å². The summed E-state index contributed by atoms with van der Waals surface area (Å²) < 4.78 is 0. The standard InChI is InChI=1S/C18H19NO/c20-18(11-12-19-17-7-2-1-3-8-17)16-10-9-14-5-4-6-15(14)13-16/h1-3,7-10,13,19H,4-6,11-12H2. The maximum atomic E-state index is 12.2. The molecule has 0 aliphatic heterocycles. The Hall–Kier alpha value is -2.09. The van der Waals surface area contributed by atoms with Crippen molar-refractivity contribution in [2.75, 3.05) is 11.9 Å². The molecule has 0 saturated carbocycles. The number of rotatable bonds is 5. The molecule has 3 rings (SSSR count). The van der Waals surface area contributed by atoms with Crippen molar-refractivity contribution in [3.63, 3.8) is 0 Å². The monoisotopic (exact) mass is 265 g/mol. The van der Waals surface area contributed by atoms with Gasteiger partial charge < -0.3 is 5.32 Å². The van der Waals surface area contributed by atoms with Crippen molar-refractivity contribution in [3.8, 4) is 0 Å². The van der Waals surface area contributed by atoms with Gasteiger partial charge in [-0.3, -0.25) is 4.79 Å². The maximum absolute atomic E-state index is 12.2. The molecule has 1 aliphatic rings. The fourth-order valence-corrected chi connectivity index (χ4v) is 2.77. The predicted molar refractivity (Wildman–Crippen MR) is 82.3 cm³/mol. The van der Waals surface area contributed by atoms with E-state index in [4.69, 9.17) is 0 Å². The molecule has 0 fully saturated rings. The Labute approximate surface area is 119 Å². The van der Waals surface area contributed by atoms with Crippen LogP contribution in [0.3, 0.4) is 0 Å². The van der Waals surface area contributed by atoms with Crippen molar-refractivity contribution in [3.05, 3.63) is 65.2 Å². The van der Waals surface area contributed by atoms with Gasteiger partial charge in [-0.1, -0.05) is 30.3 Å². The van der Waals surface area contributed by atoms with Gasteiger partial charge >= 0.3 is 0 Å². The fraction of sp³-hybridized carbons (Fsp3) is 0.278. The number of para-hydroxylation sites is 1. The molecule has 0 heterocycles. The minimum atomic E-state index is 0.225. The summed E-state index contributed by atoms with van der Waals surface area (Å²) in [7, 11) is 0. The molecule has 2 aromatic rings. The van der Waals surface area contributed by atoms with Crippen molar-refractivity contribution in [1.29, 1.82) is 0 Å². The number of carbonyl (C=O) groups excluding carboxylic acids is 1. The predicted octanol–water partition coefficient (Wildman–Crippen LogP) is 3.86. The van der Waals surface area contributed by atoms with E-state index in [1.54, 1.807) is 0 Å². The van der Waals surface area contributed by atoms with Crippen LogP contribution in [-0.2, 0) is 12.8 Å². The van der Waals surface area contributed by atoms with Crippen LogP contribution >= 0.6 is 0 Å². The van der Waals surface area contributed by atoms with Crippen LogP contribution in [0, 0.1) is 0 Å². The quantitative estimate of drug-likeness (QED) is 0.832. The zero-order valence-electron chi connectivity index (χ0n) is 11.6. The SMILES string of the molecule is O=C(CCNc1ccccc1)c1ccc2c(c1)CCC2. The second-order valence-electron chi connectivity index (χ2n) is 5.30. The first-order valence-corrected chi connectivity index (χ1v) is 7.27. The normalized spacial score (nSPS) is 13.0. The van der Waals surface area contributed by atoms with E-state index in [-0.39, 0.29) is 5.78 Å². The number of carbonyl (C=O) groups is 1. The van der Waals surface area contributed by atoms with Crippen LogP contribution in [0.15, 0.2) is 48.5 Å².